The average Bonchev–Trinajstić information content (AvgIpc) is 2.72. The first-order valence-corrected chi connectivity index (χ1v) is 8.85. The molecule has 1 aliphatic heterocycles. The van der Waals surface area contributed by atoms with E-state index in [1.807, 2.05) is 24.5 Å². The van der Waals surface area contributed by atoms with Crippen molar-refractivity contribution in [3.8, 4) is 5.75 Å². The fourth-order valence-corrected chi connectivity index (χ4v) is 3.02. The molecule has 3 rings (SSSR count). The topological polar surface area (TPSA) is 76.0 Å². The molecule has 0 atom stereocenters. The molecule has 1 aromatic heterocycles. The molecule has 0 spiro atoms. The van der Waals surface area contributed by atoms with Gasteiger partial charge in [-0.2, -0.15) is 8.78 Å². The number of piperazine rings is 1. The van der Waals surface area contributed by atoms with E-state index >= 15 is 0 Å². The van der Waals surface area contributed by atoms with E-state index in [0.29, 0.717) is 26.2 Å². The molecule has 0 aliphatic carbocycles. The van der Waals surface area contributed by atoms with Crippen LogP contribution in [0.3, 0.4) is 0 Å². The Hall–Kier alpha value is -3.23. The van der Waals surface area contributed by atoms with Gasteiger partial charge in [0.05, 0.1) is 12.1 Å². The number of nitrogens with one attached hydrogen (secondary N) is 2. The maximum absolute atomic E-state index is 12.5. The van der Waals surface area contributed by atoms with E-state index in [-0.39, 0.29) is 23.8 Å². The van der Waals surface area contributed by atoms with Crippen LogP contribution < -0.4 is 19.9 Å². The number of carbonyl (C=O) groups excluding carboxylic acids is 2. The lowest BCUT2D eigenvalue weighted by Crippen LogP contribution is -2.51. The number of alkyl halides is 2. The molecule has 2 heterocycles. The van der Waals surface area contributed by atoms with E-state index in [0.717, 1.165) is 5.69 Å². The molecule has 0 unspecified atom stereocenters. The van der Waals surface area contributed by atoms with E-state index in [1.54, 1.807) is 4.90 Å². The quantitative estimate of drug-likeness (QED) is 0.803. The van der Waals surface area contributed by atoms with Crippen molar-refractivity contribution in [2.45, 2.75) is 6.61 Å². The van der Waals surface area contributed by atoms with Gasteiger partial charge in [0, 0.05) is 44.0 Å². The Bertz CT molecular complexity index is 812. The summed E-state index contributed by atoms with van der Waals surface area (Å²) in [4.78, 5) is 31.5. The first kappa shape index (κ1) is 19.5. The number of hydrogen-bond donors (Lipinski definition) is 1. The Balaban J connectivity index is 1.50. The van der Waals surface area contributed by atoms with Crippen LogP contribution in [-0.2, 0) is 4.79 Å². The fourth-order valence-electron chi connectivity index (χ4n) is 3.02. The Labute approximate surface area is 160 Å². The van der Waals surface area contributed by atoms with Gasteiger partial charge in [-0.05, 0) is 12.1 Å². The summed E-state index contributed by atoms with van der Waals surface area (Å²) in [5, 5.41) is 2.48. The number of amides is 2. The molecule has 28 heavy (non-hydrogen) atoms. The summed E-state index contributed by atoms with van der Waals surface area (Å²) in [6.07, 6.45) is 3.69. The van der Waals surface area contributed by atoms with Crippen molar-refractivity contribution < 1.29 is 28.1 Å². The molecule has 9 heteroatoms. The maximum Gasteiger partial charge on any atom is 0.387 e. The number of rotatable bonds is 6. The molecular weight excluding hydrogens is 370 g/mol. The first-order valence-electron chi connectivity index (χ1n) is 8.85. The van der Waals surface area contributed by atoms with Crippen LogP contribution in [-0.4, -0.2) is 56.0 Å². The van der Waals surface area contributed by atoms with Crippen LogP contribution in [0.2, 0.25) is 0 Å². The normalized spacial score (nSPS) is 14.1. The van der Waals surface area contributed by atoms with Crippen LogP contribution in [0.15, 0.2) is 48.8 Å². The number of para-hydroxylation sites is 1. The SMILES string of the molecule is O=C(NCC(=O)N1CCN(c2cc[nH+]cc2)CC1)c1ccccc1OC(F)F. The smallest absolute Gasteiger partial charge is 0.387 e. The van der Waals surface area contributed by atoms with E-state index in [4.69, 9.17) is 0 Å². The Morgan fingerprint density at radius 2 is 1.75 bits per heavy atom. The van der Waals surface area contributed by atoms with Crippen molar-refractivity contribution in [3.05, 3.63) is 54.4 Å². The third-order valence-electron chi connectivity index (χ3n) is 4.45. The first-order chi connectivity index (χ1) is 13.5. The van der Waals surface area contributed by atoms with Crippen molar-refractivity contribution >= 4 is 17.5 Å². The van der Waals surface area contributed by atoms with Crippen molar-refractivity contribution in [3.63, 3.8) is 0 Å². The van der Waals surface area contributed by atoms with Gasteiger partial charge in [0.15, 0.2) is 12.4 Å². The number of aromatic amines is 1. The highest BCUT2D eigenvalue weighted by atomic mass is 19.3. The second kappa shape index (κ2) is 9.12. The lowest BCUT2D eigenvalue weighted by molar-refractivity contribution is -0.377. The van der Waals surface area contributed by atoms with Gasteiger partial charge in [-0.15, -0.1) is 0 Å². The fraction of sp³-hybridized carbons (Fsp3) is 0.316. The number of nitrogens with zero attached hydrogens (tertiary/aromatic N) is 2. The number of H-pyrrole nitrogens is 1. The minimum absolute atomic E-state index is 0.0405. The second-order valence-electron chi connectivity index (χ2n) is 6.18. The van der Waals surface area contributed by atoms with Crippen LogP contribution in [0.4, 0.5) is 14.5 Å². The molecule has 148 valence electrons. The lowest BCUT2D eigenvalue weighted by Gasteiger charge is -2.35. The van der Waals surface area contributed by atoms with Gasteiger partial charge >= 0.3 is 6.61 Å². The summed E-state index contributed by atoms with van der Waals surface area (Å²) in [5.41, 5.74) is 1.04. The third-order valence-corrected chi connectivity index (χ3v) is 4.45. The zero-order valence-corrected chi connectivity index (χ0v) is 15.1. The van der Waals surface area contributed by atoms with Gasteiger partial charge in [-0.1, -0.05) is 12.1 Å². The van der Waals surface area contributed by atoms with Crippen molar-refractivity contribution in [1.82, 2.24) is 10.2 Å². The summed E-state index contributed by atoms with van der Waals surface area (Å²) in [5.74, 6) is -1.08. The van der Waals surface area contributed by atoms with Gasteiger partial charge < -0.3 is 19.9 Å². The largest absolute Gasteiger partial charge is 0.434 e. The highest BCUT2D eigenvalue weighted by molar-refractivity contribution is 5.98. The van der Waals surface area contributed by atoms with Gasteiger partial charge in [0.2, 0.25) is 5.91 Å². The predicted octanol–water partition coefficient (Wildman–Crippen LogP) is 1.18. The summed E-state index contributed by atoms with van der Waals surface area (Å²) < 4.78 is 29.3. The van der Waals surface area contributed by atoms with E-state index in [2.05, 4.69) is 19.9 Å². The third kappa shape index (κ3) is 4.93. The molecule has 2 aromatic rings. The number of hydrogen-bond acceptors (Lipinski definition) is 4. The number of halogens is 2. The van der Waals surface area contributed by atoms with Gasteiger partial charge in [-0.25, -0.2) is 4.98 Å². The average molecular weight is 391 g/mol. The van der Waals surface area contributed by atoms with Gasteiger partial charge in [0.1, 0.15) is 5.75 Å². The van der Waals surface area contributed by atoms with Crippen LogP contribution >= 0.6 is 0 Å². The molecule has 0 bridgehead atoms. The number of aromatic nitrogens is 1. The van der Waals surface area contributed by atoms with E-state index < -0.39 is 12.5 Å². The summed E-state index contributed by atoms with van der Waals surface area (Å²) >= 11 is 0. The van der Waals surface area contributed by atoms with Crippen LogP contribution in [0.5, 0.6) is 5.75 Å². The minimum atomic E-state index is -3.03. The van der Waals surface area contributed by atoms with Gasteiger partial charge in [-0.3, -0.25) is 9.59 Å². The Kier molecular flexibility index (Phi) is 6.36. The van der Waals surface area contributed by atoms with Crippen molar-refractivity contribution in [2.24, 2.45) is 0 Å². The number of carbonyl (C=O) groups is 2. The standard InChI is InChI=1S/C19H20F2N4O3/c20-19(21)28-16-4-2-1-3-15(16)18(27)23-13-17(26)25-11-9-24(10-12-25)14-5-7-22-8-6-14/h1-8,19H,9-13H2,(H,23,27)/p+1. The summed E-state index contributed by atoms with van der Waals surface area (Å²) in [6, 6.07) is 9.61. The highest BCUT2D eigenvalue weighted by Gasteiger charge is 2.22. The molecule has 1 aliphatic rings. The maximum atomic E-state index is 12.5. The Morgan fingerprint density at radius 3 is 2.43 bits per heavy atom. The number of ether oxygens (including phenoxy) is 1. The van der Waals surface area contributed by atoms with Gasteiger partial charge in [0.25, 0.3) is 5.91 Å². The number of benzene rings is 1. The molecule has 7 nitrogen and oxygen atoms in total. The molecular formula is C19H21F2N4O3+. The zero-order chi connectivity index (χ0) is 19.9. The van der Waals surface area contributed by atoms with Crippen molar-refractivity contribution in [1.29, 1.82) is 0 Å². The van der Waals surface area contributed by atoms with Crippen LogP contribution in [0.25, 0.3) is 0 Å². The predicted molar refractivity (Wildman–Crippen MR) is 97.2 cm³/mol. The van der Waals surface area contributed by atoms with Crippen molar-refractivity contribution in [2.75, 3.05) is 37.6 Å². The van der Waals surface area contributed by atoms with E-state index in [1.165, 1.54) is 24.3 Å². The summed E-state index contributed by atoms with van der Waals surface area (Å²) in [6.45, 7) is -0.781. The van der Waals surface area contributed by atoms with Crippen LogP contribution in [0, 0.1) is 0 Å². The molecule has 0 saturated carbocycles. The minimum Gasteiger partial charge on any atom is -0.434 e. The second-order valence-corrected chi connectivity index (χ2v) is 6.18. The molecule has 1 fully saturated rings. The molecule has 1 aromatic carbocycles. The number of anilines is 1. The number of pyridine rings is 1. The van der Waals surface area contributed by atoms with Crippen LogP contribution in [0.1, 0.15) is 10.4 Å². The molecule has 2 amide bonds. The highest BCUT2D eigenvalue weighted by Crippen LogP contribution is 2.20. The monoisotopic (exact) mass is 391 g/mol. The zero-order valence-electron chi connectivity index (χ0n) is 15.1. The molecule has 1 saturated heterocycles. The molecule has 0 radical (unpaired) electrons. The Morgan fingerprint density at radius 1 is 1.07 bits per heavy atom. The molecule has 2 N–H and O–H groups in total. The summed E-state index contributed by atoms with van der Waals surface area (Å²) in [7, 11) is 0. The van der Waals surface area contributed by atoms with E-state index in [9.17, 15) is 18.4 Å². The lowest BCUT2D eigenvalue weighted by atomic mass is 10.2.